The van der Waals surface area contributed by atoms with E-state index in [0.717, 1.165) is 22.7 Å². The fraction of sp³-hybridized carbons (Fsp3) is 0.545. The average molecular weight is 243 g/mol. The number of carbonyl (C=O) groups excluding carboxylic acids is 1. The molecule has 0 saturated carbocycles. The third kappa shape index (κ3) is 3.54. The van der Waals surface area contributed by atoms with Gasteiger partial charge >= 0.3 is 0 Å². The number of thiol groups is 1. The van der Waals surface area contributed by atoms with E-state index in [0.29, 0.717) is 5.92 Å². The van der Waals surface area contributed by atoms with E-state index in [1.165, 1.54) is 11.3 Å². The number of thiophene rings is 1. The predicted octanol–water partition coefficient (Wildman–Crippen LogP) is 3.15. The monoisotopic (exact) mass is 243 g/mol. The Morgan fingerprint density at radius 1 is 1.67 bits per heavy atom. The van der Waals surface area contributed by atoms with Gasteiger partial charge in [0.25, 0.3) is 5.91 Å². The third-order valence-corrected chi connectivity index (χ3v) is 3.78. The summed E-state index contributed by atoms with van der Waals surface area (Å²) >= 11 is 5.65. The fourth-order valence-corrected chi connectivity index (χ4v) is 2.45. The molecule has 0 N–H and O–H groups in total. The van der Waals surface area contributed by atoms with E-state index in [9.17, 15) is 4.79 Å². The molecule has 0 saturated heterocycles. The van der Waals surface area contributed by atoms with E-state index in [1.807, 2.05) is 18.5 Å². The summed E-state index contributed by atoms with van der Waals surface area (Å²) in [5.74, 6) is 0.648. The SMILES string of the molecule is CCC(C)CN(C)C(=O)c1cc(S)cs1. The van der Waals surface area contributed by atoms with Crippen molar-refractivity contribution >= 4 is 29.9 Å². The van der Waals surface area contributed by atoms with Crippen LogP contribution in [0.1, 0.15) is 29.9 Å². The molecule has 1 unspecified atom stereocenters. The molecule has 2 nitrogen and oxygen atoms in total. The van der Waals surface area contributed by atoms with Gasteiger partial charge in [-0.3, -0.25) is 4.79 Å². The van der Waals surface area contributed by atoms with E-state index < -0.39 is 0 Å². The molecule has 0 fully saturated rings. The number of hydrogen-bond donors (Lipinski definition) is 1. The Hall–Kier alpha value is -0.480. The molecule has 0 aliphatic rings. The molecule has 0 radical (unpaired) electrons. The molecule has 0 spiro atoms. The van der Waals surface area contributed by atoms with Crippen LogP contribution in [-0.4, -0.2) is 24.4 Å². The summed E-state index contributed by atoms with van der Waals surface area (Å²) in [4.78, 5) is 15.3. The Morgan fingerprint density at radius 2 is 2.33 bits per heavy atom. The highest BCUT2D eigenvalue weighted by molar-refractivity contribution is 7.80. The van der Waals surface area contributed by atoms with Gasteiger partial charge in [-0.1, -0.05) is 20.3 Å². The molecule has 0 aliphatic carbocycles. The zero-order valence-electron chi connectivity index (χ0n) is 9.36. The number of carbonyl (C=O) groups is 1. The maximum Gasteiger partial charge on any atom is 0.263 e. The number of hydrogen-bond acceptors (Lipinski definition) is 3. The van der Waals surface area contributed by atoms with Crippen molar-refractivity contribution in [1.82, 2.24) is 4.90 Å². The first kappa shape index (κ1) is 12.6. The van der Waals surface area contributed by atoms with Crippen molar-refractivity contribution < 1.29 is 4.79 Å². The quantitative estimate of drug-likeness (QED) is 0.805. The minimum atomic E-state index is 0.0978. The topological polar surface area (TPSA) is 20.3 Å². The summed E-state index contributed by atoms with van der Waals surface area (Å²) in [6.45, 7) is 5.11. The van der Waals surface area contributed by atoms with Crippen molar-refractivity contribution in [2.24, 2.45) is 5.92 Å². The molecule has 84 valence electrons. The average Bonchev–Trinajstić information content (AvgIpc) is 2.63. The lowest BCUT2D eigenvalue weighted by molar-refractivity contribution is 0.0779. The molecular weight excluding hydrogens is 226 g/mol. The first-order chi connectivity index (χ1) is 7.04. The standard InChI is InChI=1S/C11H17NOS2/c1-4-8(2)6-12(3)11(13)10-5-9(14)7-15-10/h5,7-8,14H,4,6H2,1-3H3. The molecule has 4 heteroatoms. The second kappa shape index (κ2) is 5.56. The van der Waals surface area contributed by atoms with Crippen LogP contribution >= 0.6 is 24.0 Å². The van der Waals surface area contributed by atoms with Crippen molar-refractivity contribution in [3.8, 4) is 0 Å². The highest BCUT2D eigenvalue weighted by atomic mass is 32.1. The molecule has 1 atom stereocenters. The van der Waals surface area contributed by atoms with Crippen LogP contribution in [-0.2, 0) is 0 Å². The summed E-state index contributed by atoms with van der Waals surface area (Å²) in [6.07, 6.45) is 1.10. The predicted molar refractivity (Wildman–Crippen MR) is 68.0 cm³/mol. The minimum Gasteiger partial charge on any atom is -0.341 e. The first-order valence-electron chi connectivity index (χ1n) is 5.07. The van der Waals surface area contributed by atoms with E-state index in [4.69, 9.17) is 0 Å². The summed E-state index contributed by atoms with van der Waals surface area (Å²) in [5, 5.41) is 1.88. The lowest BCUT2D eigenvalue weighted by Crippen LogP contribution is -2.30. The van der Waals surface area contributed by atoms with E-state index in [1.54, 1.807) is 4.90 Å². The maximum absolute atomic E-state index is 11.9. The van der Waals surface area contributed by atoms with Crippen molar-refractivity contribution in [3.05, 3.63) is 16.3 Å². The highest BCUT2D eigenvalue weighted by Crippen LogP contribution is 2.19. The second-order valence-electron chi connectivity index (χ2n) is 3.87. The molecule has 1 amide bonds. The summed E-state index contributed by atoms with van der Waals surface area (Å²) in [7, 11) is 1.85. The van der Waals surface area contributed by atoms with Crippen molar-refractivity contribution in [1.29, 1.82) is 0 Å². The van der Waals surface area contributed by atoms with Gasteiger partial charge in [0.05, 0.1) is 4.88 Å². The van der Waals surface area contributed by atoms with Crippen LogP contribution in [0.25, 0.3) is 0 Å². The van der Waals surface area contributed by atoms with Crippen LogP contribution in [0, 0.1) is 5.92 Å². The summed E-state index contributed by atoms with van der Waals surface area (Å²) < 4.78 is 0. The molecule has 0 bridgehead atoms. The van der Waals surface area contributed by atoms with Crippen molar-refractivity contribution in [2.75, 3.05) is 13.6 Å². The van der Waals surface area contributed by atoms with Gasteiger partial charge in [-0.05, 0) is 12.0 Å². The zero-order chi connectivity index (χ0) is 11.4. The lowest BCUT2D eigenvalue weighted by Gasteiger charge is -2.19. The molecule has 0 aromatic carbocycles. The van der Waals surface area contributed by atoms with Crippen LogP contribution in [0.3, 0.4) is 0 Å². The van der Waals surface area contributed by atoms with Gasteiger partial charge in [0.1, 0.15) is 0 Å². The van der Waals surface area contributed by atoms with Crippen LogP contribution in [0.5, 0.6) is 0 Å². The molecule has 0 aliphatic heterocycles. The first-order valence-corrected chi connectivity index (χ1v) is 6.40. The maximum atomic E-state index is 11.9. The second-order valence-corrected chi connectivity index (χ2v) is 5.30. The molecule has 1 rings (SSSR count). The van der Waals surface area contributed by atoms with Crippen LogP contribution in [0.4, 0.5) is 0 Å². The zero-order valence-corrected chi connectivity index (χ0v) is 11.1. The largest absolute Gasteiger partial charge is 0.341 e. The minimum absolute atomic E-state index is 0.0978. The van der Waals surface area contributed by atoms with Crippen LogP contribution in [0.2, 0.25) is 0 Å². The third-order valence-electron chi connectivity index (χ3n) is 2.43. The van der Waals surface area contributed by atoms with Gasteiger partial charge < -0.3 is 4.90 Å². The van der Waals surface area contributed by atoms with Crippen molar-refractivity contribution in [3.63, 3.8) is 0 Å². The van der Waals surface area contributed by atoms with E-state index >= 15 is 0 Å². The Labute approximate surface area is 101 Å². The fourth-order valence-electron chi connectivity index (χ4n) is 1.31. The van der Waals surface area contributed by atoms with E-state index in [-0.39, 0.29) is 5.91 Å². The summed E-state index contributed by atoms with van der Waals surface area (Å²) in [5.41, 5.74) is 0. The molecule has 15 heavy (non-hydrogen) atoms. The van der Waals surface area contributed by atoms with E-state index in [2.05, 4.69) is 26.5 Å². The number of nitrogens with zero attached hydrogens (tertiary/aromatic N) is 1. The van der Waals surface area contributed by atoms with Gasteiger partial charge in [0, 0.05) is 23.9 Å². The Kier molecular flexibility index (Phi) is 4.67. The van der Waals surface area contributed by atoms with Crippen LogP contribution < -0.4 is 0 Å². The Balaban J connectivity index is 2.60. The van der Waals surface area contributed by atoms with Crippen molar-refractivity contribution in [2.45, 2.75) is 25.2 Å². The number of rotatable bonds is 4. The van der Waals surface area contributed by atoms with Gasteiger partial charge in [0.2, 0.25) is 0 Å². The van der Waals surface area contributed by atoms with Gasteiger partial charge in [0.15, 0.2) is 0 Å². The number of amides is 1. The van der Waals surface area contributed by atoms with Gasteiger partial charge in [-0.25, -0.2) is 0 Å². The van der Waals surface area contributed by atoms with Crippen LogP contribution in [0.15, 0.2) is 16.3 Å². The molecule has 1 aromatic heterocycles. The molecule has 1 heterocycles. The molecule has 1 aromatic rings. The highest BCUT2D eigenvalue weighted by Gasteiger charge is 2.15. The Bertz CT molecular complexity index is 335. The van der Waals surface area contributed by atoms with Gasteiger partial charge in [-0.15, -0.1) is 24.0 Å². The smallest absolute Gasteiger partial charge is 0.263 e. The summed E-state index contributed by atoms with van der Waals surface area (Å²) in [6, 6.07) is 1.82. The lowest BCUT2D eigenvalue weighted by atomic mass is 10.1. The van der Waals surface area contributed by atoms with Gasteiger partial charge in [-0.2, -0.15) is 0 Å². The normalized spacial score (nSPS) is 12.5. The molecular formula is C11H17NOS2. The Morgan fingerprint density at radius 3 is 2.80 bits per heavy atom.